The maximum Gasteiger partial charge on any atom is 1.00 e. The molecule has 2 saturated heterocycles. The number of nitrogens with one attached hydrogen (secondary N) is 4. The Labute approximate surface area is 425 Å². The molecule has 1 aromatic rings. The molecule has 6 aliphatic rings. The van der Waals surface area contributed by atoms with Gasteiger partial charge in [0, 0.05) is 58.3 Å². The average molecular weight is 987 g/mol. The van der Waals surface area contributed by atoms with E-state index in [-0.39, 0.29) is 84.2 Å². The Morgan fingerprint density at radius 2 is 1.17 bits per heavy atom. The van der Waals surface area contributed by atoms with Crippen molar-refractivity contribution in [3.63, 3.8) is 0 Å². The third-order valence-corrected chi connectivity index (χ3v) is 15.1. The number of esters is 1. The molecule has 7 rings (SSSR count). The number of Topliss-reactive ketones (excluding diaryl/α,β-unsaturated/α-hetero) is 1. The Balaban J connectivity index is 0.000000311. The summed E-state index contributed by atoms with van der Waals surface area (Å²) in [6, 6.07) is -1.22. The molecule has 0 bridgehead atoms. The zero-order chi connectivity index (χ0) is 49.0. The molecule has 0 unspecified atom stereocenters. The van der Waals surface area contributed by atoms with Crippen LogP contribution in [0.5, 0.6) is 0 Å². The fourth-order valence-electron chi connectivity index (χ4n) is 11.0. The zero-order valence-corrected chi connectivity index (χ0v) is 42.8. The van der Waals surface area contributed by atoms with E-state index in [4.69, 9.17) is 5.73 Å². The minimum Gasteiger partial charge on any atom is -0.548 e. The summed E-state index contributed by atoms with van der Waals surface area (Å²) in [4.78, 5) is 89.7. The summed E-state index contributed by atoms with van der Waals surface area (Å²) in [7, 11) is 3.05. The van der Waals surface area contributed by atoms with Crippen molar-refractivity contribution in [2.24, 2.45) is 29.0 Å². The van der Waals surface area contributed by atoms with Gasteiger partial charge in [0.15, 0.2) is 5.82 Å². The van der Waals surface area contributed by atoms with Gasteiger partial charge in [0.2, 0.25) is 11.7 Å². The van der Waals surface area contributed by atoms with Crippen molar-refractivity contribution in [2.75, 3.05) is 38.6 Å². The third-order valence-electron chi connectivity index (χ3n) is 15.1. The number of aliphatic carboxylic acids is 1. The second-order valence-corrected chi connectivity index (χ2v) is 21.2. The molecule has 6 N–H and O–H groups in total. The molecule has 3 heterocycles. The Morgan fingerprint density at radius 3 is 1.57 bits per heavy atom. The summed E-state index contributed by atoms with van der Waals surface area (Å²) in [5.74, 6) is -3.70. The number of rotatable bonds is 15. The number of likely N-dealkylation sites (tertiary alicyclic amines) is 2. The van der Waals surface area contributed by atoms with Crippen molar-refractivity contribution in [3.8, 4) is 0 Å². The molecule has 2 aliphatic heterocycles. The van der Waals surface area contributed by atoms with E-state index in [1.54, 1.807) is 23.0 Å². The number of ether oxygens (including phenoxy) is 1. The van der Waals surface area contributed by atoms with Crippen molar-refractivity contribution in [3.05, 3.63) is 12.3 Å². The molecule has 384 valence electrons. The van der Waals surface area contributed by atoms with E-state index in [0.717, 1.165) is 96.6 Å². The first-order valence-corrected chi connectivity index (χ1v) is 24.6. The SMILES string of the molecule is CC1(C[C@H](NC(=O)N2CCCC2)C(=O)[O-])CCCC1.COC(=O)[C@@H](N)CC1(C)CCCC1.Cl.Cn1ccc(NC(=O)C(=O)C2(NC(=O)[C@H](CC3(C)CCCC3)NC(=O)N3CCCC3)CC(F)C2)n1.[Li+]. The number of carbonyl (C=O) groups is 7. The number of carboxylic acid groups (broad SMARTS) is 1. The molecule has 0 aromatic carbocycles. The third kappa shape index (κ3) is 17.1. The number of hydrogen-bond donors (Lipinski definition) is 5. The van der Waals surface area contributed by atoms with E-state index >= 15 is 0 Å². The van der Waals surface area contributed by atoms with Gasteiger partial charge in [-0.05, 0) is 99.7 Å². The predicted molar refractivity (Wildman–Crippen MR) is 254 cm³/mol. The summed E-state index contributed by atoms with van der Waals surface area (Å²) in [6.07, 6.45) is 18.6. The van der Waals surface area contributed by atoms with Gasteiger partial charge in [-0.25, -0.2) is 14.0 Å². The van der Waals surface area contributed by atoms with E-state index in [1.165, 1.54) is 43.5 Å². The number of urea groups is 2. The minimum atomic E-state index is -1.64. The number of halogens is 2. The van der Waals surface area contributed by atoms with Crippen LogP contribution >= 0.6 is 12.4 Å². The quantitative estimate of drug-likeness (QED) is 0.0964. The van der Waals surface area contributed by atoms with Crippen LogP contribution in [-0.4, -0.2) is 124 Å². The average Bonchev–Trinajstić information content (AvgIpc) is 4.14. The van der Waals surface area contributed by atoms with Crippen molar-refractivity contribution in [1.82, 2.24) is 35.5 Å². The molecular weight excluding hydrogens is 908 g/mol. The fourth-order valence-corrected chi connectivity index (χ4v) is 11.0. The molecule has 21 heteroatoms. The predicted octanol–water partition coefficient (Wildman–Crippen LogP) is 1.82. The number of nitrogens with two attached hydrogens (primary N) is 1. The number of ketones is 1. The number of carbonyl (C=O) groups excluding carboxylic acids is 7. The van der Waals surface area contributed by atoms with Crippen LogP contribution in [0.2, 0.25) is 0 Å². The molecule has 0 spiro atoms. The smallest absolute Gasteiger partial charge is 0.548 e. The summed E-state index contributed by atoms with van der Waals surface area (Å²) in [6.45, 7) is 9.14. The minimum absolute atomic E-state index is 0. The number of nitrogens with zero attached hydrogens (tertiary/aromatic N) is 4. The molecule has 6 amide bonds. The summed E-state index contributed by atoms with van der Waals surface area (Å²) in [5.41, 5.74) is 4.27. The summed E-state index contributed by atoms with van der Waals surface area (Å²) in [5, 5.41) is 25.8. The second-order valence-electron chi connectivity index (χ2n) is 21.2. The van der Waals surface area contributed by atoms with Crippen molar-refractivity contribution in [1.29, 1.82) is 0 Å². The van der Waals surface area contributed by atoms with E-state index in [0.29, 0.717) is 25.9 Å². The van der Waals surface area contributed by atoms with Gasteiger partial charge in [0.05, 0.1) is 19.1 Å². The Morgan fingerprint density at radius 1 is 0.754 bits per heavy atom. The summed E-state index contributed by atoms with van der Waals surface area (Å²) >= 11 is 0. The Bertz CT molecular complexity index is 1890. The number of anilines is 1. The van der Waals surface area contributed by atoms with Gasteiger partial charge in [-0.3, -0.25) is 23.9 Å². The molecular formula is C48H78ClFLiN9O9. The standard InChI is InChI=1S/C24H35FN6O4.C14H24N2O3.C10H19NO2.ClH.Li/c1-23(8-3-4-9-23)15-17(26-22(35)31-10-5-6-11-31)20(33)28-24(13-16(25)14-24)19(32)21(34)27-18-7-12-30(2)29-18;1-14(6-2-3-7-14)10-11(12(17)18)15-13(19)16-8-4-5-9-16;1-10(5-3-4-6-10)7-8(11)9(12)13-2;;/h7,12,16-17H,3-6,8-11,13-15H2,1-2H3,(H,26,35)(H,28,33)(H,27,29,34);11H,2-10H2,1H3,(H,15,19)(H,17,18);8H,3-7,11H2,1-2H3;1H;/q;;;;+1/p-1/t16?,17-,24?;11-;8-;;/m000../s1. The number of hydrogen-bond acceptors (Lipinski definition) is 11. The van der Waals surface area contributed by atoms with E-state index in [9.17, 15) is 43.1 Å². The molecule has 0 radical (unpaired) electrons. The number of carboxylic acids is 1. The van der Waals surface area contributed by atoms with Crippen molar-refractivity contribution in [2.45, 2.75) is 185 Å². The molecule has 4 aliphatic carbocycles. The summed E-state index contributed by atoms with van der Waals surface area (Å²) < 4.78 is 20.1. The number of amides is 6. The van der Waals surface area contributed by atoms with E-state index in [2.05, 4.69) is 51.9 Å². The van der Waals surface area contributed by atoms with E-state index < -0.39 is 53.4 Å². The van der Waals surface area contributed by atoms with Gasteiger partial charge in [-0.1, -0.05) is 59.3 Å². The van der Waals surface area contributed by atoms with Gasteiger partial charge in [0.1, 0.15) is 23.8 Å². The molecule has 6 fully saturated rings. The number of methoxy groups -OCH3 is 1. The topological polar surface area (TPSA) is 250 Å². The van der Waals surface area contributed by atoms with Crippen LogP contribution in [0.15, 0.2) is 12.3 Å². The van der Waals surface area contributed by atoms with Crippen molar-refractivity contribution >= 4 is 59.8 Å². The molecule has 69 heavy (non-hydrogen) atoms. The molecule has 18 nitrogen and oxygen atoms in total. The van der Waals surface area contributed by atoms with Crippen LogP contribution in [0.1, 0.15) is 156 Å². The monoisotopic (exact) mass is 986 g/mol. The van der Waals surface area contributed by atoms with Crippen LogP contribution < -0.4 is 51.0 Å². The van der Waals surface area contributed by atoms with Crippen LogP contribution in [0.3, 0.4) is 0 Å². The van der Waals surface area contributed by atoms with Gasteiger partial charge in [-0.2, -0.15) is 5.10 Å². The molecule has 3 atom stereocenters. The van der Waals surface area contributed by atoms with E-state index in [1.807, 2.05) is 0 Å². The number of aryl methyl sites for hydroxylation is 1. The van der Waals surface area contributed by atoms with Crippen LogP contribution in [-0.2, 0) is 35.8 Å². The number of alkyl halides is 1. The van der Waals surface area contributed by atoms with Gasteiger partial charge in [-0.15, -0.1) is 12.4 Å². The fraction of sp³-hybridized carbons (Fsp3) is 0.792. The number of aromatic nitrogens is 2. The maximum absolute atomic E-state index is 14.0. The van der Waals surface area contributed by atoms with Gasteiger partial charge >= 0.3 is 36.9 Å². The first-order valence-electron chi connectivity index (χ1n) is 24.6. The maximum atomic E-state index is 14.0. The zero-order valence-electron chi connectivity index (χ0n) is 42.0. The van der Waals surface area contributed by atoms with Crippen LogP contribution in [0.4, 0.5) is 19.8 Å². The molecule has 1 aromatic heterocycles. The Kier molecular flexibility index (Phi) is 22.8. The van der Waals surface area contributed by atoms with Gasteiger partial charge in [0.25, 0.3) is 5.91 Å². The Hall–Kier alpha value is -3.92. The van der Waals surface area contributed by atoms with Crippen molar-refractivity contribution < 1.29 is 66.7 Å². The van der Waals surface area contributed by atoms with Crippen LogP contribution in [0, 0.1) is 16.2 Å². The van der Waals surface area contributed by atoms with Gasteiger partial charge < -0.3 is 51.4 Å². The second kappa shape index (κ2) is 26.5. The van der Waals surface area contributed by atoms with Crippen LogP contribution in [0.25, 0.3) is 0 Å². The first-order chi connectivity index (χ1) is 31.7. The first kappa shape index (κ1) is 59.4. The molecule has 4 saturated carbocycles. The largest absolute Gasteiger partial charge is 1.00 e. The normalized spacial score (nSPS) is 23.9.